The molecule has 1 aromatic heterocycles. The Hall–Kier alpha value is -3.30. The van der Waals surface area contributed by atoms with Crippen molar-refractivity contribution in [2.24, 2.45) is 0 Å². The molecule has 5 rings (SSSR count). The minimum absolute atomic E-state index is 0.709. The molecule has 3 heteroatoms. The van der Waals surface area contributed by atoms with Crippen LogP contribution in [0.2, 0.25) is 0 Å². The summed E-state index contributed by atoms with van der Waals surface area (Å²) in [5, 5.41) is 2.42. The number of hydrogen-bond acceptors (Lipinski definition) is 3. The highest BCUT2D eigenvalue weighted by molar-refractivity contribution is 7.25. The first-order valence-electron chi connectivity index (χ1n) is 8.78. The number of rotatable bonds is 4. The summed E-state index contributed by atoms with van der Waals surface area (Å²) in [5.74, 6) is 3.00. The van der Waals surface area contributed by atoms with Crippen LogP contribution in [0.3, 0.4) is 0 Å². The standard InChI is InChI=1S/C24H16O2S/c1-3-9-17(10-4-1)25-21-15-20-19-13-7-8-14-23(19)27-24(20)16-22(21)26-18-11-5-2-6-12-18/h1-16H. The highest BCUT2D eigenvalue weighted by Crippen LogP contribution is 2.43. The van der Waals surface area contributed by atoms with Crippen molar-refractivity contribution >= 4 is 31.5 Å². The van der Waals surface area contributed by atoms with Gasteiger partial charge in [-0.25, -0.2) is 0 Å². The zero-order valence-electron chi connectivity index (χ0n) is 14.5. The van der Waals surface area contributed by atoms with Gasteiger partial charge in [-0.15, -0.1) is 11.3 Å². The molecule has 0 aliphatic heterocycles. The van der Waals surface area contributed by atoms with Crippen molar-refractivity contribution in [3.05, 3.63) is 97.1 Å². The molecule has 0 unspecified atom stereocenters. The Labute approximate surface area is 161 Å². The van der Waals surface area contributed by atoms with Crippen molar-refractivity contribution in [3.63, 3.8) is 0 Å². The molecule has 1 heterocycles. The molecule has 0 saturated heterocycles. The van der Waals surface area contributed by atoms with Gasteiger partial charge in [0.15, 0.2) is 11.5 Å². The maximum atomic E-state index is 6.19. The molecule has 0 radical (unpaired) electrons. The van der Waals surface area contributed by atoms with E-state index in [0.29, 0.717) is 11.5 Å². The molecule has 0 spiro atoms. The molecule has 0 aliphatic carbocycles. The van der Waals surface area contributed by atoms with E-state index in [4.69, 9.17) is 9.47 Å². The molecule has 0 N–H and O–H groups in total. The molecule has 0 saturated carbocycles. The van der Waals surface area contributed by atoms with Crippen LogP contribution in [0.25, 0.3) is 20.2 Å². The molecule has 130 valence electrons. The molecule has 0 atom stereocenters. The second kappa shape index (κ2) is 6.78. The summed E-state index contributed by atoms with van der Waals surface area (Å²) in [6.45, 7) is 0. The Morgan fingerprint density at radius 3 is 1.70 bits per heavy atom. The molecule has 0 bridgehead atoms. The van der Waals surface area contributed by atoms with E-state index in [9.17, 15) is 0 Å². The number of ether oxygens (including phenoxy) is 2. The van der Waals surface area contributed by atoms with Gasteiger partial charge in [0.1, 0.15) is 11.5 Å². The summed E-state index contributed by atoms with van der Waals surface area (Å²) in [5.41, 5.74) is 0. The monoisotopic (exact) mass is 368 g/mol. The molecule has 0 amide bonds. The molecule has 4 aromatic carbocycles. The quantitative estimate of drug-likeness (QED) is 0.324. The van der Waals surface area contributed by atoms with Gasteiger partial charge in [-0.3, -0.25) is 0 Å². The van der Waals surface area contributed by atoms with Gasteiger partial charge >= 0.3 is 0 Å². The normalized spacial score (nSPS) is 11.0. The molecule has 5 aromatic rings. The van der Waals surface area contributed by atoms with Crippen LogP contribution in [0.5, 0.6) is 23.0 Å². The molecular weight excluding hydrogens is 352 g/mol. The summed E-state index contributed by atoms with van der Waals surface area (Å²) in [6, 6.07) is 32.2. The predicted octanol–water partition coefficient (Wildman–Crippen LogP) is 7.64. The smallest absolute Gasteiger partial charge is 0.171 e. The van der Waals surface area contributed by atoms with Gasteiger partial charge in [-0.2, -0.15) is 0 Å². The SMILES string of the molecule is c1ccc(Oc2cc3sc4ccccc4c3cc2Oc2ccccc2)cc1. The summed E-state index contributed by atoms with van der Waals surface area (Å²) >= 11 is 1.77. The lowest BCUT2D eigenvalue weighted by atomic mass is 10.1. The highest BCUT2D eigenvalue weighted by Gasteiger charge is 2.14. The number of benzene rings is 4. The fraction of sp³-hybridized carbons (Fsp3) is 0. The van der Waals surface area contributed by atoms with Crippen LogP contribution in [0.15, 0.2) is 97.1 Å². The highest BCUT2D eigenvalue weighted by atomic mass is 32.1. The van der Waals surface area contributed by atoms with Crippen molar-refractivity contribution in [2.45, 2.75) is 0 Å². The van der Waals surface area contributed by atoms with Crippen LogP contribution in [0, 0.1) is 0 Å². The van der Waals surface area contributed by atoms with Gasteiger partial charge in [-0.1, -0.05) is 54.6 Å². The van der Waals surface area contributed by atoms with E-state index >= 15 is 0 Å². The lowest BCUT2D eigenvalue weighted by Gasteiger charge is -2.13. The van der Waals surface area contributed by atoms with E-state index in [1.54, 1.807) is 11.3 Å². The Morgan fingerprint density at radius 1 is 0.481 bits per heavy atom. The second-order valence-corrected chi connectivity index (χ2v) is 7.31. The van der Waals surface area contributed by atoms with Crippen LogP contribution in [-0.4, -0.2) is 0 Å². The maximum Gasteiger partial charge on any atom is 0.171 e. The van der Waals surface area contributed by atoms with E-state index in [1.165, 1.54) is 20.2 Å². The average molecular weight is 368 g/mol. The van der Waals surface area contributed by atoms with Crippen molar-refractivity contribution < 1.29 is 9.47 Å². The number of thiophene rings is 1. The summed E-state index contributed by atoms with van der Waals surface area (Å²) in [7, 11) is 0. The van der Waals surface area contributed by atoms with Crippen molar-refractivity contribution in [2.75, 3.05) is 0 Å². The molecule has 2 nitrogen and oxygen atoms in total. The molecule has 27 heavy (non-hydrogen) atoms. The van der Waals surface area contributed by atoms with Crippen LogP contribution >= 0.6 is 11.3 Å². The van der Waals surface area contributed by atoms with E-state index in [2.05, 4.69) is 36.4 Å². The number of fused-ring (bicyclic) bond motifs is 3. The lowest BCUT2D eigenvalue weighted by Crippen LogP contribution is -1.90. The van der Waals surface area contributed by atoms with Crippen LogP contribution in [-0.2, 0) is 0 Å². The Balaban J connectivity index is 1.67. The Kier molecular flexibility index (Phi) is 4.00. The largest absolute Gasteiger partial charge is 0.453 e. The molecule has 0 fully saturated rings. The van der Waals surface area contributed by atoms with Crippen LogP contribution in [0.4, 0.5) is 0 Å². The summed E-state index contributed by atoms with van der Waals surface area (Å²) in [4.78, 5) is 0. The van der Waals surface area contributed by atoms with Crippen LogP contribution < -0.4 is 9.47 Å². The van der Waals surface area contributed by atoms with E-state index in [1.807, 2.05) is 60.7 Å². The maximum absolute atomic E-state index is 6.19. The minimum Gasteiger partial charge on any atom is -0.453 e. The number of para-hydroxylation sites is 2. The number of hydrogen-bond donors (Lipinski definition) is 0. The summed E-state index contributed by atoms with van der Waals surface area (Å²) in [6.07, 6.45) is 0. The zero-order valence-corrected chi connectivity index (χ0v) is 15.3. The van der Waals surface area contributed by atoms with Gasteiger partial charge in [0.25, 0.3) is 0 Å². The first-order chi connectivity index (χ1) is 13.4. The summed E-state index contributed by atoms with van der Waals surface area (Å²) < 4.78 is 14.8. The third-order valence-corrected chi connectivity index (χ3v) is 5.52. The fourth-order valence-electron chi connectivity index (χ4n) is 3.12. The van der Waals surface area contributed by atoms with Gasteiger partial charge in [-0.05, 0) is 36.4 Å². The fourth-order valence-corrected chi connectivity index (χ4v) is 4.24. The first-order valence-corrected chi connectivity index (χ1v) is 9.59. The second-order valence-electron chi connectivity index (χ2n) is 6.22. The van der Waals surface area contributed by atoms with Gasteiger partial charge < -0.3 is 9.47 Å². The van der Waals surface area contributed by atoms with Crippen molar-refractivity contribution in [1.82, 2.24) is 0 Å². The first kappa shape index (κ1) is 15.9. The third-order valence-electron chi connectivity index (χ3n) is 4.39. The van der Waals surface area contributed by atoms with E-state index in [-0.39, 0.29) is 0 Å². The topological polar surface area (TPSA) is 18.5 Å². The molecular formula is C24H16O2S. The predicted molar refractivity (Wildman–Crippen MR) is 112 cm³/mol. The third kappa shape index (κ3) is 3.14. The van der Waals surface area contributed by atoms with Gasteiger partial charge in [0.2, 0.25) is 0 Å². The average Bonchev–Trinajstić information content (AvgIpc) is 3.07. The van der Waals surface area contributed by atoms with Crippen molar-refractivity contribution in [3.8, 4) is 23.0 Å². The Bertz CT molecular complexity index is 1210. The molecule has 0 aliphatic rings. The van der Waals surface area contributed by atoms with E-state index in [0.717, 1.165) is 11.5 Å². The lowest BCUT2D eigenvalue weighted by molar-refractivity contribution is 0.420. The van der Waals surface area contributed by atoms with Gasteiger partial charge in [0.05, 0.1) is 0 Å². The van der Waals surface area contributed by atoms with Crippen LogP contribution in [0.1, 0.15) is 0 Å². The zero-order chi connectivity index (χ0) is 18.1. The minimum atomic E-state index is 0.709. The van der Waals surface area contributed by atoms with Gasteiger partial charge in [0, 0.05) is 26.2 Å². The Morgan fingerprint density at radius 2 is 1.04 bits per heavy atom. The van der Waals surface area contributed by atoms with Crippen molar-refractivity contribution in [1.29, 1.82) is 0 Å². The van der Waals surface area contributed by atoms with E-state index < -0.39 is 0 Å².